The summed E-state index contributed by atoms with van der Waals surface area (Å²) in [5.41, 5.74) is 0.0896. The lowest BCUT2D eigenvalue weighted by molar-refractivity contribution is -0.123. The summed E-state index contributed by atoms with van der Waals surface area (Å²) < 4.78 is 13.1. The summed E-state index contributed by atoms with van der Waals surface area (Å²) in [5, 5.41) is 5.29. The smallest absolute Gasteiger partial charge is 0.258 e. The predicted molar refractivity (Wildman–Crippen MR) is 111 cm³/mol. The van der Waals surface area contributed by atoms with E-state index in [-0.39, 0.29) is 29.8 Å². The molecule has 1 aromatic carbocycles. The molecule has 9 heteroatoms. The van der Waals surface area contributed by atoms with Crippen LogP contribution in [0.5, 0.6) is 0 Å². The van der Waals surface area contributed by atoms with Gasteiger partial charge >= 0.3 is 0 Å². The van der Waals surface area contributed by atoms with Gasteiger partial charge in [-0.25, -0.2) is 4.39 Å². The SMILES string of the molecule is CCC1CCCCN1c1nc2c(c(=O)[nH]1)C(C(=O)Nc1ccc(F)cc1)CC(=O)N2. The molecule has 4 rings (SSSR count). The minimum atomic E-state index is -0.979. The molecule has 2 aliphatic rings. The van der Waals surface area contributed by atoms with Gasteiger partial charge in [-0.2, -0.15) is 4.98 Å². The molecule has 0 spiro atoms. The van der Waals surface area contributed by atoms with Crippen molar-refractivity contribution < 1.29 is 14.0 Å². The molecule has 2 aliphatic heterocycles. The van der Waals surface area contributed by atoms with E-state index in [9.17, 15) is 18.8 Å². The van der Waals surface area contributed by atoms with E-state index in [1.165, 1.54) is 24.3 Å². The van der Waals surface area contributed by atoms with Crippen molar-refractivity contribution in [3.63, 3.8) is 0 Å². The summed E-state index contributed by atoms with van der Waals surface area (Å²) in [6.45, 7) is 2.87. The molecular weight excluding hydrogens is 389 g/mol. The number of hydrogen-bond donors (Lipinski definition) is 3. The topological polar surface area (TPSA) is 107 Å². The number of aromatic amines is 1. The van der Waals surface area contributed by atoms with Crippen LogP contribution in [0.15, 0.2) is 29.1 Å². The molecule has 1 aromatic heterocycles. The third kappa shape index (κ3) is 3.92. The van der Waals surface area contributed by atoms with Crippen molar-refractivity contribution in [1.82, 2.24) is 9.97 Å². The van der Waals surface area contributed by atoms with E-state index in [1.54, 1.807) is 0 Å². The summed E-state index contributed by atoms with van der Waals surface area (Å²) in [5.74, 6) is -1.74. The van der Waals surface area contributed by atoms with Crippen LogP contribution in [-0.2, 0) is 9.59 Å². The van der Waals surface area contributed by atoms with Crippen molar-refractivity contribution in [1.29, 1.82) is 0 Å². The number of piperidine rings is 1. The second kappa shape index (κ2) is 8.25. The predicted octanol–water partition coefficient (Wildman–Crippen LogP) is 2.74. The lowest BCUT2D eigenvalue weighted by atomic mass is 9.92. The van der Waals surface area contributed by atoms with Crippen LogP contribution in [0.25, 0.3) is 0 Å². The molecule has 30 heavy (non-hydrogen) atoms. The summed E-state index contributed by atoms with van der Waals surface area (Å²) in [7, 11) is 0. The van der Waals surface area contributed by atoms with Crippen molar-refractivity contribution in [2.45, 2.75) is 51.0 Å². The fourth-order valence-corrected chi connectivity index (χ4v) is 4.19. The average molecular weight is 413 g/mol. The molecule has 3 N–H and O–H groups in total. The van der Waals surface area contributed by atoms with E-state index in [0.29, 0.717) is 11.6 Å². The number of hydrogen-bond acceptors (Lipinski definition) is 5. The zero-order chi connectivity index (χ0) is 21.3. The minimum absolute atomic E-state index is 0.129. The number of anilines is 3. The molecule has 0 bridgehead atoms. The minimum Gasteiger partial charge on any atom is -0.339 e. The Hall–Kier alpha value is -3.23. The largest absolute Gasteiger partial charge is 0.339 e. The van der Waals surface area contributed by atoms with E-state index in [1.807, 2.05) is 0 Å². The molecule has 2 aromatic rings. The van der Waals surface area contributed by atoms with Crippen molar-refractivity contribution >= 4 is 29.3 Å². The number of carbonyl (C=O) groups excluding carboxylic acids is 2. The Kier molecular flexibility index (Phi) is 5.52. The number of fused-ring (bicyclic) bond motifs is 1. The molecular formula is C21H24FN5O3. The lowest BCUT2D eigenvalue weighted by Gasteiger charge is -2.36. The maximum Gasteiger partial charge on any atom is 0.258 e. The zero-order valence-electron chi connectivity index (χ0n) is 16.7. The number of halogens is 1. The molecule has 1 saturated heterocycles. The number of nitrogens with zero attached hydrogens (tertiary/aromatic N) is 2. The maximum atomic E-state index is 13.1. The van der Waals surface area contributed by atoms with Crippen LogP contribution < -0.4 is 21.1 Å². The van der Waals surface area contributed by atoms with E-state index in [2.05, 4.69) is 32.4 Å². The fourth-order valence-electron chi connectivity index (χ4n) is 4.19. The number of amides is 2. The average Bonchev–Trinajstić information content (AvgIpc) is 2.74. The highest BCUT2D eigenvalue weighted by atomic mass is 19.1. The van der Waals surface area contributed by atoms with Gasteiger partial charge in [0.15, 0.2) is 0 Å². The van der Waals surface area contributed by atoms with E-state index >= 15 is 0 Å². The number of benzene rings is 1. The van der Waals surface area contributed by atoms with Gasteiger partial charge in [-0.05, 0) is 49.9 Å². The third-order valence-corrected chi connectivity index (χ3v) is 5.74. The summed E-state index contributed by atoms with van der Waals surface area (Å²) in [6, 6.07) is 5.56. The van der Waals surface area contributed by atoms with Crippen molar-refractivity contribution in [2.75, 3.05) is 22.1 Å². The normalized spacial score (nSPS) is 21.0. The molecule has 2 amide bonds. The summed E-state index contributed by atoms with van der Waals surface area (Å²) in [6.07, 6.45) is 3.92. The number of aromatic nitrogens is 2. The number of rotatable bonds is 4. The first-order valence-electron chi connectivity index (χ1n) is 10.2. The second-order valence-corrected chi connectivity index (χ2v) is 7.70. The Labute approximate surface area is 172 Å². The summed E-state index contributed by atoms with van der Waals surface area (Å²) in [4.78, 5) is 47.4. The standard InChI is InChI=1S/C21H24FN5O3/c1-2-14-5-3-4-10-27(14)21-25-18-17(20(30)26-21)15(11-16(28)24-18)19(29)23-13-8-6-12(22)7-9-13/h6-9,14-15H,2-5,10-11H2,1H3,(H,23,29)(H2,24,25,26,28,30). The Morgan fingerprint density at radius 1 is 1.27 bits per heavy atom. The van der Waals surface area contributed by atoms with Crippen molar-refractivity contribution in [2.24, 2.45) is 0 Å². The van der Waals surface area contributed by atoms with Gasteiger partial charge in [0.25, 0.3) is 5.56 Å². The first kappa shape index (κ1) is 20.1. The quantitative estimate of drug-likeness (QED) is 0.715. The highest BCUT2D eigenvalue weighted by molar-refractivity contribution is 6.04. The number of nitrogens with one attached hydrogen (secondary N) is 3. The van der Waals surface area contributed by atoms with Gasteiger partial charge in [-0.1, -0.05) is 6.92 Å². The first-order chi connectivity index (χ1) is 14.5. The highest BCUT2D eigenvalue weighted by Crippen LogP contribution is 2.31. The van der Waals surface area contributed by atoms with Crippen LogP contribution in [0.4, 0.5) is 21.8 Å². The second-order valence-electron chi connectivity index (χ2n) is 7.70. The van der Waals surface area contributed by atoms with Gasteiger partial charge < -0.3 is 15.5 Å². The van der Waals surface area contributed by atoms with Gasteiger partial charge in [0, 0.05) is 24.7 Å². The van der Waals surface area contributed by atoms with E-state index in [0.717, 1.165) is 32.2 Å². The molecule has 1 fully saturated rings. The fraction of sp³-hybridized carbons (Fsp3) is 0.429. The van der Waals surface area contributed by atoms with Crippen LogP contribution in [0.3, 0.4) is 0 Å². The Balaban J connectivity index is 1.65. The molecule has 0 saturated carbocycles. The van der Waals surface area contributed by atoms with Crippen LogP contribution in [-0.4, -0.2) is 34.4 Å². The van der Waals surface area contributed by atoms with Crippen molar-refractivity contribution in [3.8, 4) is 0 Å². The molecule has 0 radical (unpaired) electrons. The molecule has 3 heterocycles. The van der Waals surface area contributed by atoms with Crippen LogP contribution in [0, 0.1) is 5.82 Å². The van der Waals surface area contributed by atoms with Crippen LogP contribution in [0.1, 0.15) is 50.5 Å². The first-order valence-corrected chi connectivity index (χ1v) is 10.2. The molecule has 0 aliphatic carbocycles. The molecule has 158 valence electrons. The van der Waals surface area contributed by atoms with E-state index < -0.39 is 23.2 Å². The third-order valence-electron chi connectivity index (χ3n) is 5.74. The highest BCUT2D eigenvalue weighted by Gasteiger charge is 2.35. The molecule has 8 nitrogen and oxygen atoms in total. The molecule has 2 atom stereocenters. The van der Waals surface area contributed by atoms with Gasteiger partial charge in [0.1, 0.15) is 11.6 Å². The van der Waals surface area contributed by atoms with Crippen molar-refractivity contribution in [3.05, 3.63) is 46.0 Å². The van der Waals surface area contributed by atoms with E-state index in [4.69, 9.17) is 0 Å². The zero-order valence-corrected chi connectivity index (χ0v) is 16.7. The summed E-state index contributed by atoms with van der Waals surface area (Å²) >= 11 is 0. The Morgan fingerprint density at radius 3 is 2.77 bits per heavy atom. The number of H-pyrrole nitrogens is 1. The Bertz CT molecular complexity index is 1020. The van der Waals surface area contributed by atoms with Gasteiger partial charge in [0.2, 0.25) is 17.8 Å². The van der Waals surface area contributed by atoms with Crippen LogP contribution >= 0.6 is 0 Å². The maximum absolute atomic E-state index is 13.1. The Morgan fingerprint density at radius 2 is 2.03 bits per heavy atom. The monoisotopic (exact) mass is 413 g/mol. The van der Waals surface area contributed by atoms with Crippen LogP contribution in [0.2, 0.25) is 0 Å². The van der Waals surface area contributed by atoms with Gasteiger partial charge in [-0.15, -0.1) is 0 Å². The lowest BCUT2D eigenvalue weighted by Crippen LogP contribution is -2.43. The van der Waals surface area contributed by atoms with Gasteiger partial charge in [-0.3, -0.25) is 19.4 Å². The van der Waals surface area contributed by atoms with Gasteiger partial charge in [0.05, 0.1) is 11.5 Å². The molecule has 2 unspecified atom stereocenters. The number of carbonyl (C=O) groups is 2.